The second-order valence-corrected chi connectivity index (χ2v) is 19.6. The number of rotatable bonds is 15. The Morgan fingerprint density at radius 1 is 1.16 bits per heavy atom. The molecule has 14 nitrogen and oxygen atoms in total. The van der Waals surface area contributed by atoms with Gasteiger partial charge in [0.05, 0.1) is 41.4 Å². The Labute approximate surface area is 366 Å². The number of amides is 1. The van der Waals surface area contributed by atoms with Crippen LogP contribution in [-0.2, 0) is 32.9 Å². The fourth-order valence-corrected chi connectivity index (χ4v) is 9.59. The van der Waals surface area contributed by atoms with Crippen LogP contribution in [0, 0.1) is 17.6 Å². The van der Waals surface area contributed by atoms with Gasteiger partial charge in [-0.2, -0.15) is 10.1 Å². The van der Waals surface area contributed by atoms with Crippen LogP contribution in [0.15, 0.2) is 57.7 Å². The van der Waals surface area contributed by atoms with E-state index in [4.69, 9.17) is 21.3 Å². The lowest BCUT2D eigenvalue weighted by Gasteiger charge is -2.28. The Kier molecular flexibility index (Phi) is 12.4. The first-order valence-corrected chi connectivity index (χ1v) is 22.5. The molecule has 0 saturated heterocycles. The van der Waals surface area contributed by atoms with Crippen molar-refractivity contribution < 1.29 is 39.9 Å². The number of pyridine rings is 1. The molecule has 3 aromatic heterocycles. The van der Waals surface area contributed by atoms with Crippen molar-refractivity contribution in [2.24, 2.45) is 10.3 Å². The van der Waals surface area contributed by atoms with Gasteiger partial charge in [0.1, 0.15) is 41.7 Å². The van der Waals surface area contributed by atoms with Crippen LogP contribution < -0.4 is 26.0 Å². The normalized spacial score (nSPS) is 19.3. The molecular weight excluding hydrogens is 892 g/mol. The monoisotopic (exact) mass is 935 g/mol. The summed E-state index contributed by atoms with van der Waals surface area (Å²) < 4.78 is 108. The molecule has 6 atom stereocenters. The number of ether oxygens (including phenoxy) is 1. The van der Waals surface area contributed by atoms with E-state index < -0.39 is 76.0 Å². The Morgan fingerprint density at radius 2 is 1.86 bits per heavy atom. The molecule has 7 rings (SSSR count). The molecule has 0 radical (unpaired) electrons. The number of benzene rings is 2. The van der Waals surface area contributed by atoms with Crippen molar-refractivity contribution in [2.45, 2.75) is 82.7 Å². The SMILES string of the molecule is CC(=NS(C)(=O)=O)NN(C)c1cc(Cl)ccc1-n1c([C@H](Cc2cc(F)cc(F)c2)NC(=O)Cn2nc(C(C)F)c3c2C(C)(P)[C@@H]2C[C@H]32)nc2nc(OCCC(C)(F)F)ccc2c1=O. The third-order valence-electron chi connectivity index (χ3n) is 10.8. The highest BCUT2D eigenvalue weighted by Gasteiger charge is 2.60. The first-order chi connectivity index (χ1) is 29.4. The number of nitrogens with zero attached hydrogens (tertiary/aromatic N) is 7. The maximum absolute atomic E-state index is 15.0. The molecule has 1 saturated carbocycles. The fraction of sp³-hybridized carbons (Fsp3) is 0.415. The van der Waals surface area contributed by atoms with Crippen molar-refractivity contribution in [3.8, 4) is 11.6 Å². The van der Waals surface area contributed by atoms with Gasteiger partial charge in [-0.1, -0.05) is 18.5 Å². The van der Waals surface area contributed by atoms with Crippen molar-refractivity contribution in [1.82, 2.24) is 35.1 Å². The third kappa shape index (κ3) is 9.97. The summed E-state index contributed by atoms with van der Waals surface area (Å²) in [6.07, 6.45) is -0.650. The van der Waals surface area contributed by atoms with Crippen LogP contribution in [0.2, 0.25) is 5.02 Å². The fourth-order valence-electron chi connectivity index (χ4n) is 8.21. The Morgan fingerprint density at radius 3 is 2.51 bits per heavy atom. The van der Waals surface area contributed by atoms with E-state index in [0.29, 0.717) is 11.8 Å². The van der Waals surface area contributed by atoms with E-state index >= 15 is 4.39 Å². The van der Waals surface area contributed by atoms with Gasteiger partial charge < -0.3 is 10.1 Å². The molecule has 5 aromatic rings. The molecule has 2 N–H and O–H groups in total. The molecule has 63 heavy (non-hydrogen) atoms. The molecule has 0 aliphatic heterocycles. The second kappa shape index (κ2) is 17.1. The molecule has 1 amide bonds. The van der Waals surface area contributed by atoms with Gasteiger partial charge in [-0.25, -0.2) is 35.4 Å². The predicted molar refractivity (Wildman–Crippen MR) is 231 cm³/mol. The number of aromatic nitrogens is 5. The van der Waals surface area contributed by atoms with Crippen molar-refractivity contribution in [3.05, 3.63) is 104 Å². The maximum Gasteiger partial charge on any atom is 0.267 e. The molecule has 1 fully saturated rings. The number of fused-ring (bicyclic) bond motifs is 4. The van der Waals surface area contributed by atoms with E-state index in [0.717, 1.165) is 41.9 Å². The van der Waals surface area contributed by atoms with Crippen molar-refractivity contribution in [1.29, 1.82) is 0 Å². The second-order valence-electron chi connectivity index (χ2n) is 16.3. The van der Waals surface area contributed by atoms with Crippen LogP contribution in [0.5, 0.6) is 5.88 Å². The highest BCUT2D eigenvalue weighted by Crippen LogP contribution is 2.69. The largest absolute Gasteiger partial charge is 0.477 e. The van der Waals surface area contributed by atoms with Crippen molar-refractivity contribution in [3.63, 3.8) is 0 Å². The number of carbonyl (C=O) groups excluding carboxylic acids is 1. The molecule has 3 unspecified atom stereocenters. The predicted octanol–water partition coefficient (Wildman–Crippen LogP) is 6.99. The smallest absolute Gasteiger partial charge is 0.267 e. The zero-order valence-electron chi connectivity index (χ0n) is 34.9. The maximum atomic E-state index is 15.0. The lowest BCUT2D eigenvalue weighted by atomic mass is 10.0. The standard InChI is InChI=1S/C41H44ClF5N9O5PS/c1-20(43)35-34-27-18-28(27)41(4,62)36(34)55(52-35)19-32(57)48-29(15-22-13-24(44)17-25(45)14-22)38-50-37-26(8-10-33(49-37)61-12-11-40(3,46)47)39(58)56(38)30-9-7-23(42)16-31(30)54(5)51-21(2)53-63(6,59)60/h7-10,13-14,16-17,20,27-29H,11-12,15,18-19,62H2,1-6H3,(H,48,57)(H,51,53)/t20?,27-,28+,29-,41?/m0/s1. The summed E-state index contributed by atoms with van der Waals surface area (Å²) in [5, 5.41) is 8.36. The van der Waals surface area contributed by atoms with E-state index in [-0.39, 0.29) is 74.5 Å². The number of sulfonamides is 1. The Hall–Kier alpha value is -5.20. The van der Waals surface area contributed by atoms with Gasteiger partial charge in [-0.05, 0) is 81.0 Å². The summed E-state index contributed by atoms with van der Waals surface area (Å²) in [7, 11) is 0.470. The van der Waals surface area contributed by atoms with E-state index in [2.05, 4.69) is 34.5 Å². The molecule has 2 aromatic carbocycles. The molecule has 3 heterocycles. The zero-order valence-corrected chi connectivity index (χ0v) is 37.6. The van der Waals surface area contributed by atoms with Gasteiger partial charge in [0.25, 0.3) is 15.6 Å². The van der Waals surface area contributed by atoms with E-state index in [9.17, 15) is 35.6 Å². The van der Waals surface area contributed by atoms with Gasteiger partial charge in [-0.15, -0.1) is 13.6 Å². The molecular formula is C41H44ClF5N9O5PS. The highest BCUT2D eigenvalue weighted by atomic mass is 35.5. The minimum atomic E-state index is -3.84. The van der Waals surface area contributed by atoms with E-state index in [1.54, 1.807) is 0 Å². The molecule has 336 valence electrons. The topological polar surface area (TPSA) is 166 Å². The number of nitrogens with one attached hydrogen (secondary N) is 2. The zero-order chi connectivity index (χ0) is 45.9. The van der Waals surface area contributed by atoms with E-state index in [1.807, 2.05) is 6.92 Å². The van der Waals surface area contributed by atoms with Crippen LogP contribution in [0.3, 0.4) is 0 Å². The van der Waals surface area contributed by atoms with Crippen molar-refractivity contribution >= 4 is 59.3 Å². The third-order valence-corrected chi connectivity index (χ3v) is 12.4. The van der Waals surface area contributed by atoms with Crippen LogP contribution in [0.25, 0.3) is 16.7 Å². The quantitative estimate of drug-likeness (QED) is 0.0368. The van der Waals surface area contributed by atoms with Gasteiger partial charge in [0.2, 0.25) is 17.7 Å². The molecule has 0 bridgehead atoms. The van der Waals surface area contributed by atoms with Crippen LogP contribution >= 0.6 is 20.8 Å². The average Bonchev–Trinajstić information content (AvgIpc) is 3.81. The number of hydrogen-bond donors (Lipinski definition) is 2. The lowest BCUT2D eigenvalue weighted by Crippen LogP contribution is -2.41. The Balaban J connectivity index is 1.40. The lowest BCUT2D eigenvalue weighted by molar-refractivity contribution is -0.122. The summed E-state index contributed by atoms with van der Waals surface area (Å²) in [5.41, 5.74) is 3.85. The molecule has 2 aliphatic rings. The van der Waals surface area contributed by atoms with Crippen LogP contribution in [0.1, 0.15) is 87.0 Å². The highest BCUT2D eigenvalue weighted by molar-refractivity contribution is 7.89. The number of alkyl halides is 3. The van der Waals surface area contributed by atoms with Gasteiger partial charge >= 0.3 is 0 Å². The molecule has 2 aliphatic carbocycles. The average molecular weight is 936 g/mol. The molecule has 0 spiro atoms. The number of halogens is 6. The van der Waals surface area contributed by atoms with Gasteiger partial charge in [0, 0.05) is 47.8 Å². The number of hydrazine groups is 1. The number of carbonyl (C=O) groups is 1. The minimum absolute atomic E-state index is 0.0538. The summed E-state index contributed by atoms with van der Waals surface area (Å²) >= 11 is 6.48. The van der Waals surface area contributed by atoms with Crippen LogP contribution in [0.4, 0.5) is 27.6 Å². The van der Waals surface area contributed by atoms with Gasteiger partial charge in [-0.3, -0.25) is 29.3 Å². The number of amidine groups is 1. The first-order valence-electron chi connectivity index (χ1n) is 19.7. The summed E-state index contributed by atoms with van der Waals surface area (Å²) in [4.78, 5) is 38.4. The van der Waals surface area contributed by atoms with Crippen LogP contribution in [-0.4, -0.2) is 70.3 Å². The summed E-state index contributed by atoms with van der Waals surface area (Å²) in [6, 6.07) is 8.42. The van der Waals surface area contributed by atoms with Crippen molar-refractivity contribution in [2.75, 3.05) is 24.9 Å². The summed E-state index contributed by atoms with van der Waals surface area (Å²) in [5.74, 6) is -5.66. The Bertz CT molecular complexity index is 2820. The first kappa shape index (κ1) is 45.8. The molecule has 22 heteroatoms. The summed E-state index contributed by atoms with van der Waals surface area (Å²) in [6.45, 7) is 4.65. The number of hydrogen-bond acceptors (Lipinski definition) is 9. The number of anilines is 1. The van der Waals surface area contributed by atoms with E-state index in [1.165, 1.54) is 60.9 Å². The minimum Gasteiger partial charge on any atom is -0.477 e. The van der Waals surface area contributed by atoms with Gasteiger partial charge in [0.15, 0.2) is 5.65 Å².